The van der Waals surface area contributed by atoms with Crippen LogP contribution in [0.2, 0.25) is 0 Å². The van der Waals surface area contributed by atoms with Gasteiger partial charge in [0.2, 0.25) is 0 Å². The summed E-state index contributed by atoms with van der Waals surface area (Å²) in [6.45, 7) is 0. The molecule has 10 rings (SSSR count). The molecule has 0 fully saturated rings. The van der Waals surface area contributed by atoms with Crippen molar-refractivity contribution in [3.05, 3.63) is 127 Å². The lowest BCUT2D eigenvalue weighted by Gasteiger charge is -2.11. The second-order valence-corrected chi connectivity index (χ2v) is 12.0. The lowest BCUT2D eigenvalue weighted by atomic mass is 9.99. The number of rotatable bonds is 1. The lowest BCUT2D eigenvalue weighted by Crippen LogP contribution is -1.94. The van der Waals surface area contributed by atoms with Crippen molar-refractivity contribution >= 4 is 96.7 Å². The molecular weight excluding hydrogens is 516 g/mol. The van der Waals surface area contributed by atoms with E-state index in [1.807, 2.05) is 11.3 Å². The number of H-pyrrole nitrogens is 1. The van der Waals surface area contributed by atoms with Crippen LogP contribution < -0.4 is 0 Å². The number of aromatic nitrogens is 2. The molecule has 10 aromatic rings. The monoisotopic (exact) mass is 538 g/mol. The number of benzene rings is 7. The third-order valence-electron chi connectivity index (χ3n) is 8.89. The first-order valence-electron chi connectivity index (χ1n) is 14.0. The number of hydrogen-bond acceptors (Lipinski definition) is 1. The Labute approximate surface area is 238 Å². The Bertz CT molecular complexity index is 2700. The predicted molar refractivity (Wildman–Crippen MR) is 178 cm³/mol. The van der Waals surface area contributed by atoms with E-state index in [4.69, 9.17) is 0 Å². The molecule has 0 radical (unpaired) electrons. The van der Waals surface area contributed by atoms with Crippen LogP contribution in [-0.2, 0) is 0 Å². The van der Waals surface area contributed by atoms with E-state index in [1.54, 1.807) is 0 Å². The fourth-order valence-electron chi connectivity index (χ4n) is 7.16. The average molecular weight is 539 g/mol. The van der Waals surface area contributed by atoms with Gasteiger partial charge < -0.3 is 9.55 Å². The Morgan fingerprint density at radius 2 is 1.20 bits per heavy atom. The van der Waals surface area contributed by atoms with Crippen LogP contribution in [0.3, 0.4) is 0 Å². The van der Waals surface area contributed by atoms with Gasteiger partial charge in [-0.25, -0.2) is 0 Å². The summed E-state index contributed by atoms with van der Waals surface area (Å²) < 4.78 is 5.15. The van der Waals surface area contributed by atoms with Crippen molar-refractivity contribution in [2.45, 2.75) is 0 Å². The normalized spacial score (nSPS) is 12.4. The van der Waals surface area contributed by atoms with E-state index in [9.17, 15) is 0 Å². The number of fused-ring (bicyclic) bond motifs is 14. The molecule has 0 spiro atoms. The van der Waals surface area contributed by atoms with Gasteiger partial charge in [0, 0.05) is 58.0 Å². The van der Waals surface area contributed by atoms with E-state index in [0.717, 1.165) is 0 Å². The Balaban J connectivity index is 1.43. The second kappa shape index (κ2) is 7.75. The summed E-state index contributed by atoms with van der Waals surface area (Å²) in [7, 11) is 0. The maximum absolute atomic E-state index is 3.76. The molecule has 0 bridgehead atoms. The molecule has 3 heterocycles. The van der Waals surface area contributed by atoms with Gasteiger partial charge in [-0.05, 0) is 41.1 Å². The van der Waals surface area contributed by atoms with E-state index >= 15 is 0 Å². The van der Waals surface area contributed by atoms with Crippen molar-refractivity contribution < 1.29 is 0 Å². The van der Waals surface area contributed by atoms with Gasteiger partial charge in [0.15, 0.2) is 0 Å². The van der Waals surface area contributed by atoms with Crippen molar-refractivity contribution in [1.29, 1.82) is 0 Å². The summed E-state index contributed by atoms with van der Waals surface area (Å²) in [6, 6.07) is 46.7. The minimum atomic E-state index is 1.19. The number of para-hydroxylation sites is 2. The number of nitrogens with zero attached hydrogens (tertiary/aromatic N) is 1. The molecule has 41 heavy (non-hydrogen) atoms. The van der Waals surface area contributed by atoms with E-state index in [-0.39, 0.29) is 0 Å². The van der Waals surface area contributed by atoms with Crippen LogP contribution in [-0.4, -0.2) is 9.55 Å². The molecule has 0 aliphatic heterocycles. The fraction of sp³-hybridized carbons (Fsp3) is 0. The lowest BCUT2D eigenvalue weighted by molar-refractivity contribution is 1.20. The van der Waals surface area contributed by atoms with Gasteiger partial charge in [0.05, 0.1) is 22.2 Å². The maximum Gasteiger partial charge on any atom is 0.0559 e. The molecule has 0 aliphatic rings. The third-order valence-corrected chi connectivity index (χ3v) is 10.1. The standard InChI is InChI=1S/C38H22N2S/c1-2-12-23-22(10-1)11-9-19-31(23)40-32-18-8-6-13-24(32)28-20-29-34(21-33(28)40)41-38-35(29)25-14-3-4-15-26(25)37-36(38)27-16-5-7-17-30(27)39-37/h1-21,39H. The number of thiophene rings is 1. The first kappa shape index (κ1) is 21.7. The summed E-state index contributed by atoms with van der Waals surface area (Å²) >= 11 is 1.92. The van der Waals surface area contributed by atoms with Gasteiger partial charge in [0.25, 0.3) is 0 Å². The van der Waals surface area contributed by atoms with E-state index < -0.39 is 0 Å². The molecular formula is C38H22N2S. The van der Waals surface area contributed by atoms with Crippen LogP contribution in [0.4, 0.5) is 0 Å². The highest BCUT2D eigenvalue weighted by Gasteiger charge is 2.20. The summed E-state index contributed by atoms with van der Waals surface area (Å²) in [4.78, 5) is 3.76. The molecule has 1 N–H and O–H groups in total. The Morgan fingerprint density at radius 1 is 0.488 bits per heavy atom. The molecule has 0 amide bonds. The minimum Gasteiger partial charge on any atom is -0.354 e. The van der Waals surface area contributed by atoms with E-state index in [1.165, 1.54) is 91.0 Å². The van der Waals surface area contributed by atoms with Crippen molar-refractivity contribution in [1.82, 2.24) is 9.55 Å². The average Bonchev–Trinajstić information content (AvgIpc) is 3.69. The first-order valence-corrected chi connectivity index (χ1v) is 14.9. The van der Waals surface area contributed by atoms with Crippen LogP contribution in [0.5, 0.6) is 0 Å². The zero-order valence-electron chi connectivity index (χ0n) is 22.0. The van der Waals surface area contributed by atoms with E-state index in [0.29, 0.717) is 0 Å². The second-order valence-electron chi connectivity index (χ2n) is 11.0. The first-order chi connectivity index (χ1) is 20.3. The van der Waals surface area contributed by atoms with Gasteiger partial charge in [-0.3, -0.25) is 0 Å². The van der Waals surface area contributed by atoms with Crippen LogP contribution in [0.1, 0.15) is 0 Å². The summed E-state index contributed by atoms with van der Waals surface area (Å²) in [5.74, 6) is 0. The molecule has 0 saturated carbocycles. The van der Waals surface area contributed by atoms with Crippen molar-refractivity contribution in [2.75, 3.05) is 0 Å². The Hall–Kier alpha value is -5.12. The van der Waals surface area contributed by atoms with Crippen LogP contribution >= 0.6 is 11.3 Å². The molecule has 3 heteroatoms. The van der Waals surface area contributed by atoms with Gasteiger partial charge in [-0.15, -0.1) is 11.3 Å². The molecule has 2 nitrogen and oxygen atoms in total. The van der Waals surface area contributed by atoms with Crippen LogP contribution in [0, 0.1) is 0 Å². The maximum atomic E-state index is 3.76. The van der Waals surface area contributed by atoms with Crippen molar-refractivity contribution in [3.8, 4) is 5.69 Å². The van der Waals surface area contributed by atoms with Crippen LogP contribution in [0.25, 0.3) is 91.0 Å². The van der Waals surface area contributed by atoms with Crippen molar-refractivity contribution in [3.63, 3.8) is 0 Å². The highest BCUT2D eigenvalue weighted by Crippen LogP contribution is 2.48. The largest absolute Gasteiger partial charge is 0.354 e. The third kappa shape index (κ3) is 2.76. The molecule has 7 aromatic carbocycles. The topological polar surface area (TPSA) is 20.7 Å². The van der Waals surface area contributed by atoms with Gasteiger partial charge in [-0.2, -0.15) is 0 Å². The molecule has 3 aromatic heterocycles. The summed E-state index contributed by atoms with van der Waals surface area (Å²) in [6.07, 6.45) is 0. The molecule has 0 saturated heterocycles. The highest BCUT2D eigenvalue weighted by molar-refractivity contribution is 7.27. The molecule has 190 valence electrons. The minimum absolute atomic E-state index is 1.19. The van der Waals surface area contributed by atoms with Gasteiger partial charge in [0.1, 0.15) is 0 Å². The SMILES string of the molecule is c1ccc2c(-n3c4ccccc4c4cc5c(cc43)sc3c5c4ccccc4c4[nH]c5ccccc5c43)cccc2c1. The van der Waals surface area contributed by atoms with Gasteiger partial charge >= 0.3 is 0 Å². The molecule has 0 unspecified atom stereocenters. The highest BCUT2D eigenvalue weighted by atomic mass is 32.1. The molecule has 0 atom stereocenters. The smallest absolute Gasteiger partial charge is 0.0559 e. The zero-order chi connectivity index (χ0) is 26.7. The van der Waals surface area contributed by atoms with Crippen molar-refractivity contribution in [2.24, 2.45) is 0 Å². The quantitative estimate of drug-likeness (QED) is 0.215. The number of aromatic amines is 1. The summed E-state index contributed by atoms with van der Waals surface area (Å²) in [5, 5.41) is 13.0. The molecule has 0 aliphatic carbocycles. The number of hydrogen-bond donors (Lipinski definition) is 1. The van der Waals surface area contributed by atoms with E-state index in [2.05, 4.69) is 137 Å². The zero-order valence-corrected chi connectivity index (χ0v) is 22.8. The summed E-state index contributed by atoms with van der Waals surface area (Å²) in [5.41, 5.74) is 6.14. The number of nitrogens with one attached hydrogen (secondary N) is 1. The van der Waals surface area contributed by atoms with Gasteiger partial charge in [-0.1, -0.05) is 97.1 Å². The Kier molecular flexibility index (Phi) is 4.10. The fourth-order valence-corrected chi connectivity index (χ4v) is 8.46. The predicted octanol–water partition coefficient (Wildman–Crippen LogP) is 11.1. The Morgan fingerprint density at radius 3 is 2.10 bits per heavy atom. The van der Waals surface area contributed by atoms with Crippen LogP contribution in [0.15, 0.2) is 127 Å².